The summed E-state index contributed by atoms with van der Waals surface area (Å²) in [5.41, 5.74) is 3.41. The van der Waals surface area contributed by atoms with Gasteiger partial charge in [0.15, 0.2) is 0 Å². The molecule has 20 heavy (non-hydrogen) atoms. The summed E-state index contributed by atoms with van der Waals surface area (Å²) in [6, 6.07) is 8.18. The van der Waals surface area contributed by atoms with Crippen LogP contribution in [-0.4, -0.2) is 9.97 Å². The molecular weight excluding hydrogens is 290 g/mol. The molecule has 0 amide bonds. The van der Waals surface area contributed by atoms with Crippen molar-refractivity contribution in [2.45, 2.75) is 20.8 Å². The molecule has 0 unspecified atom stereocenters. The Morgan fingerprint density at radius 3 is 2.70 bits per heavy atom. The fourth-order valence-corrected chi connectivity index (χ4v) is 3.42. The summed E-state index contributed by atoms with van der Waals surface area (Å²) in [7, 11) is 0. The van der Waals surface area contributed by atoms with Gasteiger partial charge in [-0.1, -0.05) is 12.1 Å². The van der Waals surface area contributed by atoms with Crippen molar-refractivity contribution in [3.8, 4) is 0 Å². The van der Waals surface area contributed by atoms with Crippen molar-refractivity contribution < 1.29 is 0 Å². The van der Waals surface area contributed by atoms with Crippen LogP contribution in [0.5, 0.6) is 0 Å². The zero-order valence-electron chi connectivity index (χ0n) is 11.5. The van der Waals surface area contributed by atoms with Gasteiger partial charge in [-0.05, 0) is 55.6 Å². The van der Waals surface area contributed by atoms with E-state index in [2.05, 4.69) is 48.2 Å². The molecule has 102 valence electrons. The minimum atomic E-state index is 0.272. The largest absolute Gasteiger partial charge is 0.340 e. The molecule has 0 spiro atoms. The Labute approximate surface area is 126 Å². The van der Waals surface area contributed by atoms with Crippen LogP contribution in [0.3, 0.4) is 0 Å². The van der Waals surface area contributed by atoms with Crippen molar-refractivity contribution in [2.24, 2.45) is 0 Å². The normalized spacial score (nSPS) is 11.0. The molecule has 3 aromatic rings. The molecule has 2 heterocycles. The first-order valence-corrected chi connectivity index (χ1v) is 7.51. The maximum atomic E-state index is 6.03. The van der Waals surface area contributed by atoms with E-state index in [1.165, 1.54) is 16.0 Å². The third-order valence-electron chi connectivity index (χ3n) is 3.28. The molecule has 0 aliphatic heterocycles. The summed E-state index contributed by atoms with van der Waals surface area (Å²) >= 11 is 7.67. The lowest BCUT2D eigenvalue weighted by Crippen LogP contribution is -1.97. The van der Waals surface area contributed by atoms with Crippen LogP contribution in [0.15, 0.2) is 24.3 Å². The summed E-state index contributed by atoms with van der Waals surface area (Å²) in [5.74, 6) is 0.771. The lowest BCUT2D eigenvalue weighted by Gasteiger charge is -2.08. The maximum absolute atomic E-state index is 6.03. The molecule has 0 saturated carbocycles. The first-order chi connectivity index (χ1) is 9.54. The van der Waals surface area contributed by atoms with Crippen LogP contribution in [0.25, 0.3) is 10.2 Å². The number of rotatable bonds is 2. The van der Waals surface area contributed by atoms with Gasteiger partial charge in [-0.2, -0.15) is 4.98 Å². The first-order valence-electron chi connectivity index (χ1n) is 6.31. The number of thiophene rings is 1. The smallest absolute Gasteiger partial charge is 0.225 e. The fraction of sp³-hybridized carbons (Fsp3) is 0.200. The van der Waals surface area contributed by atoms with Crippen LogP contribution in [-0.2, 0) is 0 Å². The molecule has 0 fully saturated rings. The standard InChI is InChI=1S/C15H14ClN3S/c1-8-5-4-6-11(7-8)17-13-12-9(2)10(3)20-14(12)19-15(16)18-13/h4-7H,1-3H3,(H,17,18,19). The summed E-state index contributed by atoms with van der Waals surface area (Å²) < 4.78 is 0. The predicted octanol–water partition coefficient (Wildman–Crippen LogP) is 5.01. The third-order valence-corrected chi connectivity index (χ3v) is 4.55. The monoisotopic (exact) mass is 303 g/mol. The van der Waals surface area contributed by atoms with Gasteiger partial charge in [-0.25, -0.2) is 4.98 Å². The van der Waals surface area contributed by atoms with Crippen molar-refractivity contribution in [1.29, 1.82) is 0 Å². The number of fused-ring (bicyclic) bond motifs is 1. The molecule has 1 N–H and O–H groups in total. The van der Waals surface area contributed by atoms with Crippen molar-refractivity contribution in [2.75, 3.05) is 5.32 Å². The van der Waals surface area contributed by atoms with E-state index in [4.69, 9.17) is 11.6 Å². The number of hydrogen-bond acceptors (Lipinski definition) is 4. The van der Waals surface area contributed by atoms with E-state index in [9.17, 15) is 0 Å². The van der Waals surface area contributed by atoms with Crippen molar-refractivity contribution in [3.63, 3.8) is 0 Å². The van der Waals surface area contributed by atoms with Crippen molar-refractivity contribution >= 4 is 44.7 Å². The van der Waals surface area contributed by atoms with E-state index >= 15 is 0 Å². The molecule has 0 saturated heterocycles. The molecule has 0 radical (unpaired) electrons. The Kier molecular flexibility index (Phi) is 3.36. The number of halogens is 1. The Hall–Kier alpha value is -1.65. The Balaban J connectivity index is 2.15. The molecule has 0 aliphatic carbocycles. The Morgan fingerprint density at radius 1 is 1.15 bits per heavy atom. The Morgan fingerprint density at radius 2 is 1.95 bits per heavy atom. The number of benzene rings is 1. The lowest BCUT2D eigenvalue weighted by molar-refractivity contribution is 1.22. The van der Waals surface area contributed by atoms with E-state index in [1.807, 2.05) is 12.1 Å². The highest BCUT2D eigenvalue weighted by atomic mass is 35.5. The molecule has 3 nitrogen and oxygen atoms in total. The van der Waals surface area contributed by atoms with Crippen LogP contribution in [0, 0.1) is 20.8 Å². The molecule has 1 aromatic carbocycles. The molecule has 5 heteroatoms. The van der Waals surface area contributed by atoms with Crippen LogP contribution in [0.1, 0.15) is 16.0 Å². The van der Waals surface area contributed by atoms with Crippen LogP contribution in [0.2, 0.25) is 5.28 Å². The van der Waals surface area contributed by atoms with Gasteiger partial charge >= 0.3 is 0 Å². The van der Waals surface area contributed by atoms with Crippen molar-refractivity contribution in [3.05, 3.63) is 45.6 Å². The molecule has 0 aliphatic rings. The minimum Gasteiger partial charge on any atom is -0.340 e. The second-order valence-electron chi connectivity index (χ2n) is 4.80. The second kappa shape index (κ2) is 5.04. The predicted molar refractivity (Wildman–Crippen MR) is 86.4 cm³/mol. The van der Waals surface area contributed by atoms with Crippen LogP contribution >= 0.6 is 22.9 Å². The van der Waals surface area contributed by atoms with E-state index in [0.717, 1.165) is 21.7 Å². The summed E-state index contributed by atoms with van der Waals surface area (Å²) in [6.07, 6.45) is 0. The van der Waals surface area contributed by atoms with E-state index in [1.54, 1.807) is 11.3 Å². The van der Waals surface area contributed by atoms with Gasteiger partial charge in [-0.3, -0.25) is 0 Å². The van der Waals surface area contributed by atoms with E-state index < -0.39 is 0 Å². The number of hydrogen-bond donors (Lipinski definition) is 1. The fourth-order valence-electron chi connectivity index (χ4n) is 2.17. The first kappa shape index (κ1) is 13.3. The molecular formula is C15H14ClN3S. The zero-order valence-corrected chi connectivity index (χ0v) is 13.1. The second-order valence-corrected chi connectivity index (χ2v) is 6.34. The summed E-state index contributed by atoms with van der Waals surface area (Å²) in [4.78, 5) is 10.8. The zero-order chi connectivity index (χ0) is 14.3. The molecule has 2 aromatic heterocycles. The van der Waals surface area contributed by atoms with Gasteiger partial charge in [0.05, 0.1) is 5.39 Å². The number of anilines is 2. The maximum Gasteiger partial charge on any atom is 0.225 e. The topological polar surface area (TPSA) is 37.8 Å². The number of aromatic nitrogens is 2. The summed E-state index contributed by atoms with van der Waals surface area (Å²) in [6.45, 7) is 6.24. The van der Waals surface area contributed by atoms with Crippen molar-refractivity contribution in [1.82, 2.24) is 9.97 Å². The third kappa shape index (κ3) is 2.37. The van der Waals surface area contributed by atoms with Crippen LogP contribution < -0.4 is 5.32 Å². The number of nitrogens with one attached hydrogen (secondary N) is 1. The van der Waals surface area contributed by atoms with Gasteiger partial charge < -0.3 is 5.32 Å². The summed E-state index contributed by atoms with van der Waals surface area (Å²) in [5, 5.41) is 4.68. The van der Waals surface area contributed by atoms with Gasteiger partial charge in [0.2, 0.25) is 5.28 Å². The SMILES string of the molecule is Cc1cccc(Nc2nc(Cl)nc3sc(C)c(C)c23)c1. The van der Waals surface area contributed by atoms with Gasteiger partial charge in [0.1, 0.15) is 10.6 Å². The van der Waals surface area contributed by atoms with Gasteiger partial charge in [0, 0.05) is 10.6 Å². The highest BCUT2D eigenvalue weighted by Crippen LogP contribution is 2.35. The average molecular weight is 304 g/mol. The van der Waals surface area contributed by atoms with Gasteiger partial charge in [0.25, 0.3) is 0 Å². The average Bonchev–Trinajstić information content (AvgIpc) is 2.64. The van der Waals surface area contributed by atoms with Gasteiger partial charge in [-0.15, -0.1) is 11.3 Å². The highest BCUT2D eigenvalue weighted by molar-refractivity contribution is 7.18. The van der Waals surface area contributed by atoms with E-state index in [-0.39, 0.29) is 5.28 Å². The lowest BCUT2D eigenvalue weighted by atomic mass is 10.2. The molecule has 3 rings (SSSR count). The van der Waals surface area contributed by atoms with E-state index in [0.29, 0.717) is 0 Å². The quantitative estimate of drug-likeness (QED) is 0.676. The number of nitrogens with zero attached hydrogens (tertiary/aromatic N) is 2. The molecule has 0 bridgehead atoms. The Bertz CT molecular complexity index is 795. The highest BCUT2D eigenvalue weighted by Gasteiger charge is 2.14. The number of aryl methyl sites for hydroxylation is 3. The minimum absolute atomic E-state index is 0.272. The van der Waals surface area contributed by atoms with Crippen LogP contribution in [0.4, 0.5) is 11.5 Å². The molecule has 0 atom stereocenters.